The van der Waals surface area contributed by atoms with Crippen molar-refractivity contribution in [2.45, 2.75) is 44.6 Å². The predicted molar refractivity (Wildman–Crippen MR) is 65.0 cm³/mol. The molecule has 15 heavy (non-hydrogen) atoms. The molecule has 1 N–H and O–H groups in total. The van der Waals surface area contributed by atoms with Crippen molar-refractivity contribution >= 4 is 15.9 Å². The molecule has 0 radical (unpaired) electrons. The summed E-state index contributed by atoms with van der Waals surface area (Å²) in [5.41, 5.74) is 0. The molecule has 1 aromatic heterocycles. The molecule has 0 aromatic carbocycles. The van der Waals surface area contributed by atoms with Crippen molar-refractivity contribution < 1.29 is 4.42 Å². The predicted octanol–water partition coefficient (Wildman–Crippen LogP) is 3.81. The Labute approximate surface area is 99.6 Å². The Morgan fingerprint density at radius 3 is 2.80 bits per heavy atom. The zero-order valence-electron chi connectivity index (χ0n) is 9.18. The van der Waals surface area contributed by atoms with Crippen molar-refractivity contribution in [3.8, 4) is 0 Å². The molecule has 1 aliphatic rings. The van der Waals surface area contributed by atoms with E-state index in [4.69, 9.17) is 4.42 Å². The fraction of sp³-hybridized carbons (Fsp3) is 0.667. The molecule has 1 saturated carbocycles. The van der Waals surface area contributed by atoms with Crippen LogP contribution in [0.4, 0.5) is 0 Å². The van der Waals surface area contributed by atoms with Crippen molar-refractivity contribution in [1.82, 2.24) is 5.32 Å². The molecule has 0 atom stereocenters. The monoisotopic (exact) mass is 271 g/mol. The first kappa shape index (κ1) is 11.2. The lowest BCUT2D eigenvalue weighted by Crippen LogP contribution is -2.05. The van der Waals surface area contributed by atoms with Gasteiger partial charge in [0, 0.05) is 5.92 Å². The minimum Gasteiger partial charge on any atom is -0.463 e. The molecule has 1 aliphatic carbocycles. The summed E-state index contributed by atoms with van der Waals surface area (Å²) in [5, 5.41) is 3.11. The summed E-state index contributed by atoms with van der Waals surface area (Å²) >= 11 is 3.60. The second kappa shape index (κ2) is 5.17. The number of furan rings is 1. The molecule has 0 aliphatic heterocycles. The molecule has 0 saturated heterocycles. The van der Waals surface area contributed by atoms with Gasteiger partial charge < -0.3 is 9.73 Å². The Hall–Kier alpha value is -0.280. The number of halogens is 1. The molecule has 1 heterocycles. The number of nitrogens with one attached hydrogen (secondary N) is 1. The van der Waals surface area contributed by atoms with Crippen molar-refractivity contribution in [2.24, 2.45) is 0 Å². The van der Waals surface area contributed by atoms with Gasteiger partial charge in [0.05, 0.1) is 11.0 Å². The maximum absolute atomic E-state index is 5.88. The van der Waals surface area contributed by atoms with Crippen LogP contribution in [0.25, 0.3) is 0 Å². The zero-order chi connectivity index (χ0) is 10.7. The van der Waals surface area contributed by atoms with Crippen LogP contribution in [0.3, 0.4) is 0 Å². The fourth-order valence-corrected chi connectivity index (χ4v) is 3.00. The molecular formula is C12H18BrNO. The minimum atomic E-state index is 0.638. The Bertz CT molecular complexity index is 315. The zero-order valence-corrected chi connectivity index (χ0v) is 10.8. The van der Waals surface area contributed by atoms with Gasteiger partial charge in [0.1, 0.15) is 11.5 Å². The second-order valence-electron chi connectivity index (χ2n) is 4.29. The van der Waals surface area contributed by atoms with Crippen LogP contribution in [0.1, 0.15) is 49.5 Å². The van der Waals surface area contributed by atoms with Gasteiger partial charge in [0.25, 0.3) is 0 Å². The van der Waals surface area contributed by atoms with Crippen LogP contribution in [0.15, 0.2) is 15.0 Å². The fourth-order valence-electron chi connectivity index (χ4n) is 2.34. The summed E-state index contributed by atoms with van der Waals surface area (Å²) in [5.74, 6) is 2.84. The van der Waals surface area contributed by atoms with E-state index >= 15 is 0 Å². The van der Waals surface area contributed by atoms with Crippen LogP contribution >= 0.6 is 15.9 Å². The van der Waals surface area contributed by atoms with Crippen LogP contribution in [0.5, 0.6) is 0 Å². The first-order chi connectivity index (χ1) is 7.31. The maximum Gasteiger partial charge on any atom is 0.121 e. The minimum absolute atomic E-state index is 0.638. The average molecular weight is 272 g/mol. The highest BCUT2D eigenvalue weighted by atomic mass is 79.9. The van der Waals surface area contributed by atoms with Crippen molar-refractivity contribution in [1.29, 1.82) is 0 Å². The van der Waals surface area contributed by atoms with E-state index in [2.05, 4.69) is 27.3 Å². The van der Waals surface area contributed by atoms with Crippen LogP contribution < -0.4 is 5.32 Å². The molecule has 84 valence electrons. The SMILES string of the molecule is CNCc1cc(Br)c(C2CCCCC2)o1. The first-order valence-electron chi connectivity index (χ1n) is 5.74. The van der Waals surface area contributed by atoms with E-state index in [0.29, 0.717) is 5.92 Å². The molecule has 0 unspecified atom stereocenters. The standard InChI is InChI=1S/C12H18BrNO/c1-14-8-10-7-11(13)12(15-10)9-5-3-2-4-6-9/h7,9,14H,2-6,8H2,1H3. The summed E-state index contributed by atoms with van der Waals surface area (Å²) < 4.78 is 7.04. The largest absolute Gasteiger partial charge is 0.463 e. The quantitative estimate of drug-likeness (QED) is 0.905. The van der Waals surface area contributed by atoms with E-state index in [0.717, 1.165) is 16.8 Å². The molecule has 0 amide bonds. The van der Waals surface area contributed by atoms with Gasteiger partial charge in [-0.3, -0.25) is 0 Å². The Morgan fingerprint density at radius 1 is 1.40 bits per heavy atom. The lowest BCUT2D eigenvalue weighted by molar-refractivity contribution is 0.358. The van der Waals surface area contributed by atoms with Gasteiger partial charge >= 0.3 is 0 Å². The van der Waals surface area contributed by atoms with E-state index in [1.165, 1.54) is 37.9 Å². The molecule has 2 nitrogen and oxygen atoms in total. The van der Waals surface area contributed by atoms with E-state index < -0.39 is 0 Å². The van der Waals surface area contributed by atoms with Crippen molar-refractivity contribution in [3.63, 3.8) is 0 Å². The summed E-state index contributed by atoms with van der Waals surface area (Å²) in [4.78, 5) is 0. The van der Waals surface area contributed by atoms with Gasteiger partial charge in [0.15, 0.2) is 0 Å². The number of hydrogen-bond donors (Lipinski definition) is 1. The molecule has 0 spiro atoms. The molecule has 2 rings (SSSR count). The summed E-state index contributed by atoms with van der Waals surface area (Å²) in [6.07, 6.45) is 6.65. The summed E-state index contributed by atoms with van der Waals surface area (Å²) in [6, 6.07) is 2.10. The van der Waals surface area contributed by atoms with Crippen LogP contribution in [0.2, 0.25) is 0 Å². The highest BCUT2D eigenvalue weighted by Crippen LogP contribution is 2.37. The Balaban J connectivity index is 2.11. The normalized spacial score (nSPS) is 18.3. The summed E-state index contributed by atoms with van der Waals surface area (Å²) in [6.45, 7) is 0.811. The molecule has 3 heteroatoms. The lowest BCUT2D eigenvalue weighted by atomic mass is 9.88. The van der Waals surface area contributed by atoms with Crippen LogP contribution in [0, 0.1) is 0 Å². The van der Waals surface area contributed by atoms with E-state index in [9.17, 15) is 0 Å². The molecule has 1 aromatic rings. The molecule has 1 fully saturated rings. The van der Waals surface area contributed by atoms with E-state index in [-0.39, 0.29) is 0 Å². The topological polar surface area (TPSA) is 25.2 Å². The van der Waals surface area contributed by atoms with Gasteiger partial charge in [-0.1, -0.05) is 19.3 Å². The van der Waals surface area contributed by atoms with E-state index in [1.54, 1.807) is 0 Å². The van der Waals surface area contributed by atoms with Gasteiger partial charge in [-0.05, 0) is 41.9 Å². The Morgan fingerprint density at radius 2 is 2.13 bits per heavy atom. The molecule has 0 bridgehead atoms. The number of hydrogen-bond acceptors (Lipinski definition) is 2. The third-order valence-corrected chi connectivity index (χ3v) is 3.71. The van der Waals surface area contributed by atoms with Gasteiger partial charge in [-0.25, -0.2) is 0 Å². The number of rotatable bonds is 3. The van der Waals surface area contributed by atoms with Crippen LogP contribution in [-0.4, -0.2) is 7.05 Å². The second-order valence-corrected chi connectivity index (χ2v) is 5.14. The van der Waals surface area contributed by atoms with Crippen LogP contribution in [-0.2, 0) is 6.54 Å². The highest BCUT2D eigenvalue weighted by Gasteiger charge is 2.21. The van der Waals surface area contributed by atoms with Crippen molar-refractivity contribution in [2.75, 3.05) is 7.05 Å². The third-order valence-electron chi connectivity index (χ3n) is 3.09. The highest BCUT2D eigenvalue weighted by molar-refractivity contribution is 9.10. The average Bonchev–Trinajstić information content (AvgIpc) is 2.61. The maximum atomic E-state index is 5.88. The smallest absolute Gasteiger partial charge is 0.121 e. The third kappa shape index (κ3) is 2.64. The van der Waals surface area contributed by atoms with Gasteiger partial charge in [-0.2, -0.15) is 0 Å². The lowest BCUT2D eigenvalue weighted by Gasteiger charge is -2.19. The Kier molecular flexibility index (Phi) is 3.87. The summed E-state index contributed by atoms with van der Waals surface area (Å²) in [7, 11) is 1.94. The van der Waals surface area contributed by atoms with E-state index in [1.807, 2.05) is 7.05 Å². The van der Waals surface area contributed by atoms with Gasteiger partial charge in [0.2, 0.25) is 0 Å². The molecular weight excluding hydrogens is 254 g/mol. The first-order valence-corrected chi connectivity index (χ1v) is 6.53. The van der Waals surface area contributed by atoms with Crippen molar-refractivity contribution in [3.05, 3.63) is 22.1 Å². The van der Waals surface area contributed by atoms with Gasteiger partial charge in [-0.15, -0.1) is 0 Å².